The molecule has 0 heterocycles. The summed E-state index contributed by atoms with van der Waals surface area (Å²) in [7, 11) is -1.28. The third-order valence-electron chi connectivity index (χ3n) is 5.17. The monoisotopic (exact) mass is 545 g/mol. The fraction of sp³-hybridized carbons (Fsp3) is 0.259. The third kappa shape index (κ3) is 8.89. The molecule has 1 N–H and O–H groups in total. The summed E-state index contributed by atoms with van der Waals surface area (Å²) in [6.45, 7) is 7.07. The second-order valence-corrected chi connectivity index (χ2v) is 15.8. The zero-order valence-corrected chi connectivity index (χ0v) is 23.0. The summed E-state index contributed by atoms with van der Waals surface area (Å²) in [5.41, 5.74) is 2.79. The van der Waals surface area contributed by atoms with Crippen LogP contribution < -0.4 is 10.1 Å². The molecule has 0 atom stereocenters. The molecule has 0 aliphatic rings. The van der Waals surface area contributed by atoms with Crippen molar-refractivity contribution in [2.24, 2.45) is 0 Å². The molecule has 0 fully saturated rings. The van der Waals surface area contributed by atoms with Gasteiger partial charge in [-0.1, -0.05) is 79.2 Å². The SMILES string of the molecule is C[Si](C)(C)CCOC(=O)Oc1ccc(COC(=O)Cc2ccccc2Nc2c(Cl)cccc2Cl)cc1. The van der Waals surface area contributed by atoms with Gasteiger partial charge in [-0.2, -0.15) is 0 Å². The molecule has 3 aromatic rings. The van der Waals surface area contributed by atoms with Crippen molar-refractivity contribution in [3.05, 3.63) is 87.9 Å². The Kier molecular flexibility index (Phi) is 9.81. The Hall–Kier alpha value is -3.00. The zero-order chi connectivity index (χ0) is 26.1. The molecule has 0 unspecified atom stereocenters. The average molecular weight is 547 g/mol. The quantitative estimate of drug-likeness (QED) is 0.158. The summed E-state index contributed by atoms with van der Waals surface area (Å²) in [4.78, 5) is 24.4. The second kappa shape index (κ2) is 12.8. The fourth-order valence-corrected chi connectivity index (χ4v) is 4.34. The number of ether oxygens (including phenoxy) is 3. The lowest BCUT2D eigenvalue weighted by Crippen LogP contribution is -2.23. The Morgan fingerprint density at radius 1 is 0.861 bits per heavy atom. The molecular weight excluding hydrogens is 517 g/mol. The van der Waals surface area contributed by atoms with Crippen molar-refractivity contribution in [2.75, 3.05) is 11.9 Å². The van der Waals surface area contributed by atoms with Crippen LogP contribution in [0.1, 0.15) is 11.1 Å². The van der Waals surface area contributed by atoms with E-state index in [2.05, 4.69) is 25.0 Å². The van der Waals surface area contributed by atoms with E-state index < -0.39 is 14.2 Å². The van der Waals surface area contributed by atoms with E-state index in [4.69, 9.17) is 37.4 Å². The Balaban J connectivity index is 1.50. The molecule has 3 aromatic carbocycles. The normalized spacial score (nSPS) is 11.0. The summed E-state index contributed by atoms with van der Waals surface area (Å²) in [5.74, 6) is -0.0258. The summed E-state index contributed by atoms with van der Waals surface area (Å²) in [5, 5.41) is 4.17. The smallest absolute Gasteiger partial charge is 0.461 e. The van der Waals surface area contributed by atoms with Gasteiger partial charge in [0.15, 0.2) is 0 Å². The number of hydrogen-bond acceptors (Lipinski definition) is 6. The molecule has 0 aromatic heterocycles. The third-order valence-corrected chi connectivity index (χ3v) is 7.50. The van der Waals surface area contributed by atoms with Gasteiger partial charge in [-0.3, -0.25) is 4.79 Å². The summed E-state index contributed by atoms with van der Waals surface area (Å²) >= 11 is 12.5. The van der Waals surface area contributed by atoms with Crippen molar-refractivity contribution in [3.63, 3.8) is 0 Å². The lowest BCUT2D eigenvalue weighted by molar-refractivity contribution is -0.144. The van der Waals surface area contributed by atoms with Crippen molar-refractivity contribution in [1.82, 2.24) is 0 Å². The van der Waals surface area contributed by atoms with E-state index in [0.29, 0.717) is 33.8 Å². The maximum atomic E-state index is 12.5. The summed E-state index contributed by atoms with van der Waals surface area (Å²) in [6.07, 6.45) is -0.659. The number of carbonyl (C=O) groups excluding carboxylic acids is 2. The first-order valence-electron chi connectivity index (χ1n) is 11.5. The minimum absolute atomic E-state index is 0.0652. The van der Waals surface area contributed by atoms with E-state index in [-0.39, 0.29) is 19.0 Å². The van der Waals surface area contributed by atoms with E-state index in [1.54, 1.807) is 42.5 Å². The van der Waals surface area contributed by atoms with Crippen molar-refractivity contribution in [2.45, 2.75) is 38.7 Å². The van der Waals surface area contributed by atoms with Crippen LogP contribution in [0, 0.1) is 0 Å². The molecule has 190 valence electrons. The van der Waals surface area contributed by atoms with Crippen LogP contribution in [-0.4, -0.2) is 26.8 Å². The lowest BCUT2D eigenvalue weighted by Gasteiger charge is -2.15. The van der Waals surface area contributed by atoms with Crippen molar-refractivity contribution in [1.29, 1.82) is 0 Å². The molecule has 0 radical (unpaired) electrons. The van der Waals surface area contributed by atoms with Gasteiger partial charge in [0.25, 0.3) is 0 Å². The number of benzene rings is 3. The zero-order valence-electron chi connectivity index (χ0n) is 20.5. The number of halogens is 2. The van der Waals surface area contributed by atoms with E-state index in [1.165, 1.54) is 0 Å². The van der Waals surface area contributed by atoms with Crippen molar-refractivity contribution < 1.29 is 23.8 Å². The number of rotatable bonds is 10. The van der Waals surface area contributed by atoms with Gasteiger partial charge in [0.2, 0.25) is 0 Å². The molecule has 0 saturated heterocycles. The molecule has 0 saturated carbocycles. The van der Waals surface area contributed by atoms with Crippen LogP contribution >= 0.6 is 23.2 Å². The standard InChI is InChI=1S/C27H29Cl2NO5Si/c1-36(2,3)16-15-33-27(32)35-21-13-11-19(12-14-21)18-34-25(31)17-20-7-4-5-10-24(20)30-26-22(28)8-6-9-23(26)29/h4-14,30H,15-18H2,1-3H3. The highest BCUT2D eigenvalue weighted by Gasteiger charge is 2.15. The average Bonchev–Trinajstić information content (AvgIpc) is 2.81. The van der Waals surface area contributed by atoms with Crippen LogP contribution in [0.2, 0.25) is 35.7 Å². The largest absolute Gasteiger partial charge is 0.513 e. The minimum atomic E-state index is -1.28. The van der Waals surface area contributed by atoms with Crippen LogP contribution in [0.5, 0.6) is 5.75 Å². The molecule has 9 heteroatoms. The van der Waals surface area contributed by atoms with Gasteiger partial charge in [0.1, 0.15) is 12.4 Å². The van der Waals surface area contributed by atoms with E-state index in [0.717, 1.165) is 17.2 Å². The number of nitrogens with one attached hydrogen (secondary N) is 1. The topological polar surface area (TPSA) is 73.9 Å². The van der Waals surface area contributed by atoms with Gasteiger partial charge in [0.05, 0.1) is 28.8 Å². The number of para-hydroxylation sites is 2. The van der Waals surface area contributed by atoms with Crippen LogP contribution in [0.4, 0.5) is 16.2 Å². The molecule has 0 spiro atoms. The van der Waals surface area contributed by atoms with Gasteiger partial charge in [0, 0.05) is 13.8 Å². The van der Waals surface area contributed by atoms with Crippen LogP contribution in [0.3, 0.4) is 0 Å². The van der Waals surface area contributed by atoms with Crippen molar-refractivity contribution >= 4 is 54.8 Å². The van der Waals surface area contributed by atoms with Gasteiger partial charge >= 0.3 is 12.1 Å². The maximum absolute atomic E-state index is 12.5. The first-order chi connectivity index (χ1) is 17.1. The Labute approximate surface area is 222 Å². The second-order valence-electron chi connectivity index (χ2n) is 9.37. The molecule has 6 nitrogen and oxygen atoms in total. The maximum Gasteiger partial charge on any atom is 0.513 e. The fourth-order valence-electron chi connectivity index (χ4n) is 3.14. The van der Waals surface area contributed by atoms with Crippen LogP contribution in [-0.2, 0) is 27.3 Å². The molecule has 0 aliphatic heterocycles. The number of esters is 1. The predicted molar refractivity (Wildman–Crippen MR) is 146 cm³/mol. The highest BCUT2D eigenvalue weighted by molar-refractivity contribution is 6.76. The van der Waals surface area contributed by atoms with Gasteiger partial charge in [-0.15, -0.1) is 0 Å². The molecule has 0 aliphatic carbocycles. The highest BCUT2D eigenvalue weighted by Crippen LogP contribution is 2.33. The number of hydrogen-bond donors (Lipinski definition) is 1. The Morgan fingerprint density at radius 2 is 1.53 bits per heavy atom. The Bertz CT molecular complexity index is 1180. The summed E-state index contributed by atoms with van der Waals surface area (Å²) < 4.78 is 15.8. The summed E-state index contributed by atoms with van der Waals surface area (Å²) in [6, 6.07) is 20.2. The van der Waals surface area contributed by atoms with Gasteiger partial charge in [-0.25, -0.2) is 4.79 Å². The molecule has 0 amide bonds. The minimum Gasteiger partial charge on any atom is -0.461 e. The highest BCUT2D eigenvalue weighted by atomic mass is 35.5. The van der Waals surface area contributed by atoms with E-state index in [9.17, 15) is 9.59 Å². The van der Waals surface area contributed by atoms with Gasteiger partial charge in [-0.05, 0) is 47.5 Å². The lowest BCUT2D eigenvalue weighted by atomic mass is 10.1. The predicted octanol–water partition coefficient (Wildman–Crippen LogP) is 7.88. The first-order valence-corrected chi connectivity index (χ1v) is 16.0. The van der Waals surface area contributed by atoms with Gasteiger partial charge < -0.3 is 19.5 Å². The van der Waals surface area contributed by atoms with Crippen molar-refractivity contribution in [3.8, 4) is 5.75 Å². The molecule has 3 rings (SSSR count). The van der Waals surface area contributed by atoms with Crippen LogP contribution in [0.15, 0.2) is 66.7 Å². The van der Waals surface area contributed by atoms with E-state index >= 15 is 0 Å². The van der Waals surface area contributed by atoms with E-state index in [1.807, 2.05) is 24.3 Å². The number of carbonyl (C=O) groups is 2. The molecule has 0 bridgehead atoms. The molecule has 36 heavy (non-hydrogen) atoms. The first kappa shape index (κ1) is 27.6. The molecular formula is C27H29Cl2NO5Si. The Morgan fingerprint density at radius 3 is 2.19 bits per heavy atom. The van der Waals surface area contributed by atoms with Crippen LogP contribution in [0.25, 0.3) is 0 Å². The number of anilines is 2.